The zero-order chi connectivity index (χ0) is 15.7. The molecule has 2 N–H and O–H groups in total. The molecule has 3 rings (SSSR count). The Balaban J connectivity index is 1.48. The van der Waals surface area contributed by atoms with E-state index in [4.69, 9.17) is 23.2 Å². The van der Waals surface area contributed by atoms with Crippen molar-refractivity contribution in [2.75, 3.05) is 6.54 Å². The SMILES string of the molecule is O=C=NNC12CC(NCCc3ccc(Cl)c(Cl)c3)CC1C2F. The number of fused-ring (bicyclic) bond motifs is 1. The number of alkyl halides is 1. The zero-order valence-electron chi connectivity index (χ0n) is 11.8. The van der Waals surface area contributed by atoms with Crippen LogP contribution in [0.25, 0.3) is 0 Å². The summed E-state index contributed by atoms with van der Waals surface area (Å²) in [6, 6.07) is 5.82. The number of hydrazone groups is 1. The summed E-state index contributed by atoms with van der Waals surface area (Å²) < 4.78 is 13.7. The van der Waals surface area contributed by atoms with E-state index < -0.39 is 11.7 Å². The van der Waals surface area contributed by atoms with Crippen molar-refractivity contribution in [1.29, 1.82) is 0 Å². The van der Waals surface area contributed by atoms with E-state index in [0.717, 1.165) is 24.9 Å². The van der Waals surface area contributed by atoms with Crippen molar-refractivity contribution in [3.63, 3.8) is 0 Å². The summed E-state index contributed by atoms with van der Waals surface area (Å²) in [5.41, 5.74) is 3.09. The average molecular weight is 344 g/mol. The minimum atomic E-state index is -0.919. The largest absolute Gasteiger partial charge is 0.314 e. The third-order valence-electron chi connectivity index (χ3n) is 4.66. The van der Waals surface area contributed by atoms with Gasteiger partial charge in [0, 0.05) is 12.0 Å². The Hall–Kier alpha value is -1.13. The van der Waals surface area contributed by atoms with E-state index in [1.165, 1.54) is 6.08 Å². The van der Waals surface area contributed by atoms with Crippen molar-refractivity contribution in [3.8, 4) is 0 Å². The Bertz CT molecular complexity index is 623. The molecule has 22 heavy (non-hydrogen) atoms. The number of nitrogens with one attached hydrogen (secondary N) is 2. The number of rotatable bonds is 6. The molecule has 0 radical (unpaired) electrons. The lowest BCUT2D eigenvalue weighted by atomic mass is 10.1. The predicted octanol–water partition coefficient (Wildman–Crippen LogP) is 2.84. The molecule has 4 unspecified atom stereocenters. The second kappa shape index (κ2) is 6.17. The molecule has 0 amide bonds. The highest BCUT2D eigenvalue weighted by atomic mass is 35.5. The van der Waals surface area contributed by atoms with Crippen LogP contribution >= 0.6 is 23.2 Å². The fraction of sp³-hybridized carbons (Fsp3) is 0.533. The van der Waals surface area contributed by atoms with Crippen molar-refractivity contribution in [3.05, 3.63) is 33.8 Å². The van der Waals surface area contributed by atoms with Gasteiger partial charge in [0.15, 0.2) is 0 Å². The van der Waals surface area contributed by atoms with Crippen molar-refractivity contribution in [1.82, 2.24) is 10.7 Å². The quantitative estimate of drug-likeness (QED) is 0.474. The summed E-state index contributed by atoms with van der Waals surface area (Å²) in [6.07, 6.45) is 2.70. The molecule has 2 aliphatic carbocycles. The highest BCUT2D eigenvalue weighted by Gasteiger charge is 2.71. The van der Waals surface area contributed by atoms with E-state index in [-0.39, 0.29) is 12.0 Å². The number of hydrogen-bond donors (Lipinski definition) is 2. The van der Waals surface area contributed by atoms with Gasteiger partial charge >= 0.3 is 0 Å². The van der Waals surface area contributed by atoms with Crippen LogP contribution in [0.1, 0.15) is 18.4 Å². The molecule has 0 bridgehead atoms. The first-order valence-electron chi connectivity index (χ1n) is 7.22. The van der Waals surface area contributed by atoms with Gasteiger partial charge in [-0.1, -0.05) is 34.4 Å². The molecule has 4 nitrogen and oxygen atoms in total. The van der Waals surface area contributed by atoms with Gasteiger partial charge in [-0.05, 0) is 43.5 Å². The van der Waals surface area contributed by atoms with Crippen LogP contribution in [0, 0.1) is 5.92 Å². The maximum Gasteiger partial charge on any atom is 0.258 e. The minimum absolute atomic E-state index is 0.0629. The second-order valence-electron chi connectivity index (χ2n) is 5.95. The summed E-state index contributed by atoms with van der Waals surface area (Å²) in [5, 5.41) is 7.87. The first-order chi connectivity index (χ1) is 10.6. The topological polar surface area (TPSA) is 53.5 Å². The summed E-state index contributed by atoms with van der Waals surface area (Å²) in [4.78, 5) is 10.2. The van der Waals surface area contributed by atoms with Crippen LogP contribution in [0.3, 0.4) is 0 Å². The van der Waals surface area contributed by atoms with Crippen LogP contribution in [0.5, 0.6) is 0 Å². The number of carbonyl (C=O) groups excluding carboxylic acids is 1. The fourth-order valence-corrected chi connectivity index (χ4v) is 3.77. The molecule has 4 atom stereocenters. The van der Waals surface area contributed by atoms with E-state index in [1.54, 1.807) is 6.07 Å². The van der Waals surface area contributed by atoms with Crippen LogP contribution in [0.4, 0.5) is 4.39 Å². The Morgan fingerprint density at radius 2 is 2.23 bits per heavy atom. The normalized spacial score (nSPS) is 32.2. The Kier molecular flexibility index (Phi) is 4.42. The lowest BCUT2D eigenvalue weighted by Crippen LogP contribution is -2.37. The van der Waals surface area contributed by atoms with E-state index >= 15 is 0 Å². The minimum Gasteiger partial charge on any atom is -0.314 e. The molecule has 1 aromatic rings. The molecule has 2 fully saturated rings. The van der Waals surface area contributed by atoms with E-state index in [2.05, 4.69) is 15.8 Å². The molecular formula is C15H16Cl2FN3O. The molecular weight excluding hydrogens is 328 g/mol. The highest BCUT2D eigenvalue weighted by molar-refractivity contribution is 6.42. The van der Waals surface area contributed by atoms with Gasteiger partial charge in [-0.15, -0.1) is 0 Å². The molecule has 0 aromatic heterocycles. The van der Waals surface area contributed by atoms with Crippen LogP contribution in [0.15, 0.2) is 23.3 Å². The van der Waals surface area contributed by atoms with Gasteiger partial charge in [-0.3, -0.25) is 5.43 Å². The van der Waals surface area contributed by atoms with Crippen molar-refractivity contribution in [2.24, 2.45) is 11.0 Å². The summed E-state index contributed by atoms with van der Waals surface area (Å²) in [7, 11) is 0. The van der Waals surface area contributed by atoms with Crippen molar-refractivity contribution < 1.29 is 9.18 Å². The number of nitrogens with zero attached hydrogens (tertiary/aromatic N) is 1. The van der Waals surface area contributed by atoms with Crippen molar-refractivity contribution in [2.45, 2.75) is 37.0 Å². The third-order valence-corrected chi connectivity index (χ3v) is 5.40. The maximum absolute atomic E-state index is 13.7. The van der Waals surface area contributed by atoms with E-state index in [9.17, 15) is 9.18 Å². The smallest absolute Gasteiger partial charge is 0.258 e. The average Bonchev–Trinajstić information content (AvgIpc) is 2.87. The van der Waals surface area contributed by atoms with Gasteiger partial charge in [-0.2, -0.15) is 0 Å². The van der Waals surface area contributed by atoms with Crippen LogP contribution in [-0.2, 0) is 11.2 Å². The fourth-order valence-electron chi connectivity index (χ4n) is 3.45. The third kappa shape index (κ3) is 2.86. The number of isocyanates is 1. The molecule has 2 aliphatic rings. The number of hydrogen-bond acceptors (Lipinski definition) is 4. The molecule has 0 saturated heterocycles. The first kappa shape index (κ1) is 15.8. The summed E-state index contributed by atoms with van der Waals surface area (Å²) in [5.74, 6) is -0.0629. The second-order valence-corrected chi connectivity index (χ2v) is 6.77. The lowest BCUT2D eigenvalue weighted by Gasteiger charge is -2.18. The molecule has 0 aliphatic heterocycles. The van der Waals surface area contributed by atoms with E-state index in [1.807, 2.05) is 12.1 Å². The monoisotopic (exact) mass is 343 g/mol. The van der Waals surface area contributed by atoms with E-state index in [0.29, 0.717) is 16.5 Å². The van der Waals surface area contributed by atoms with Gasteiger partial charge in [0.2, 0.25) is 0 Å². The molecule has 0 heterocycles. The summed E-state index contributed by atoms with van der Waals surface area (Å²) >= 11 is 11.9. The molecule has 0 spiro atoms. The van der Waals surface area contributed by atoms with Crippen molar-refractivity contribution >= 4 is 29.3 Å². The highest BCUT2D eigenvalue weighted by Crippen LogP contribution is 2.57. The van der Waals surface area contributed by atoms with Crippen LogP contribution in [-0.4, -0.2) is 30.4 Å². The van der Waals surface area contributed by atoms with Crippen LogP contribution < -0.4 is 10.7 Å². The number of halogens is 3. The van der Waals surface area contributed by atoms with Gasteiger partial charge < -0.3 is 5.32 Å². The predicted molar refractivity (Wildman–Crippen MR) is 83.6 cm³/mol. The van der Waals surface area contributed by atoms with Gasteiger partial charge in [0.25, 0.3) is 6.08 Å². The standard InChI is InChI=1S/C15H16Cl2FN3O/c16-12-2-1-9(5-13(12)17)3-4-19-10-6-11-14(18)15(11,7-10)21-20-8-22/h1-2,5,10-11,14,19,21H,3-4,6-7H2. The molecule has 2 saturated carbocycles. The summed E-state index contributed by atoms with van der Waals surface area (Å²) in [6.45, 7) is 0.777. The molecule has 7 heteroatoms. The molecule has 1 aromatic carbocycles. The van der Waals surface area contributed by atoms with Gasteiger partial charge in [-0.25, -0.2) is 9.18 Å². The zero-order valence-corrected chi connectivity index (χ0v) is 13.3. The van der Waals surface area contributed by atoms with Gasteiger partial charge in [0.05, 0.1) is 15.6 Å². The Labute approximate surface area is 138 Å². The first-order valence-corrected chi connectivity index (χ1v) is 7.98. The van der Waals surface area contributed by atoms with Gasteiger partial charge in [0.1, 0.15) is 6.17 Å². The van der Waals surface area contributed by atoms with Crippen LogP contribution in [0.2, 0.25) is 10.0 Å². The number of benzene rings is 1. The Morgan fingerprint density at radius 3 is 2.95 bits per heavy atom. The Morgan fingerprint density at radius 1 is 1.41 bits per heavy atom. The lowest BCUT2D eigenvalue weighted by molar-refractivity contribution is 0.320. The molecule has 118 valence electrons. The maximum atomic E-state index is 13.7.